The maximum absolute atomic E-state index is 12.2. The molecule has 0 unspecified atom stereocenters. The Morgan fingerprint density at radius 3 is 2.37 bits per heavy atom. The Morgan fingerprint density at radius 2 is 1.63 bits per heavy atom. The molecule has 0 bridgehead atoms. The Balaban J connectivity index is 1.92. The number of ether oxygens (including phenoxy) is 1. The van der Waals surface area contributed by atoms with Crippen LogP contribution in [0, 0.1) is 0 Å². The van der Waals surface area contributed by atoms with Crippen LogP contribution in [-0.4, -0.2) is 6.61 Å². The van der Waals surface area contributed by atoms with Crippen molar-refractivity contribution >= 4 is 5.69 Å². The molecule has 0 atom stereocenters. The fraction of sp³-hybridized carbons (Fsp3) is 0.143. The summed E-state index contributed by atoms with van der Waals surface area (Å²) in [5.41, 5.74) is 7.49. The van der Waals surface area contributed by atoms with Crippen LogP contribution in [0.4, 0.5) is 14.5 Å². The summed E-state index contributed by atoms with van der Waals surface area (Å²) in [5.74, 6) is 0.180. The molecule has 3 nitrogen and oxygen atoms in total. The molecule has 0 heterocycles. The van der Waals surface area contributed by atoms with Crippen LogP contribution >= 0.6 is 0 Å². The summed E-state index contributed by atoms with van der Waals surface area (Å²) >= 11 is 0. The van der Waals surface area contributed by atoms with Crippen molar-refractivity contribution in [3.8, 4) is 5.75 Å². The van der Waals surface area contributed by atoms with Gasteiger partial charge in [-0.25, -0.2) is 5.43 Å². The summed E-state index contributed by atoms with van der Waals surface area (Å²) in [6.45, 7) is -2.44. The van der Waals surface area contributed by atoms with Crippen molar-refractivity contribution in [2.75, 3.05) is 5.43 Å². The van der Waals surface area contributed by atoms with Crippen LogP contribution in [0.1, 0.15) is 5.56 Å². The van der Waals surface area contributed by atoms with Crippen LogP contribution in [0.2, 0.25) is 0 Å². The van der Waals surface area contributed by atoms with Gasteiger partial charge in [0, 0.05) is 17.8 Å². The average molecular weight is 264 g/mol. The maximum atomic E-state index is 12.2. The maximum Gasteiger partial charge on any atom is 0.387 e. The number of halogens is 2. The lowest BCUT2D eigenvalue weighted by Gasteiger charge is -2.12. The van der Waals surface area contributed by atoms with Crippen molar-refractivity contribution in [2.24, 2.45) is 0 Å². The molecule has 0 fully saturated rings. The van der Waals surface area contributed by atoms with E-state index in [4.69, 9.17) is 0 Å². The fourth-order valence-corrected chi connectivity index (χ4v) is 1.62. The summed E-state index contributed by atoms with van der Waals surface area (Å²) < 4.78 is 28.9. The van der Waals surface area contributed by atoms with E-state index in [9.17, 15) is 8.78 Å². The minimum Gasteiger partial charge on any atom is -0.434 e. The first-order valence-corrected chi connectivity index (χ1v) is 5.82. The highest BCUT2D eigenvalue weighted by atomic mass is 19.3. The van der Waals surface area contributed by atoms with Gasteiger partial charge in [-0.1, -0.05) is 36.4 Å². The molecule has 0 radical (unpaired) electrons. The molecule has 0 aliphatic rings. The zero-order valence-electron chi connectivity index (χ0n) is 10.1. The molecule has 5 heteroatoms. The van der Waals surface area contributed by atoms with Crippen molar-refractivity contribution in [1.29, 1.82) is 0 Å². The van der Waals surface area contributed by atoms with Gasteiger partial charge < -0.3 is 10.2 Å². The Labute approximate surface area is 110 Å². The summed E-state index contributed by atoms with van der Waals surface area (Å²) in [6, 6.07) is 16.2. The molecule has 0 aromatic heterocycles. The second kappa shape index (κ2) is 6.70. The van der Waals surface area contributed by atoms with Gasteiger partial charge in [-0.15, -0.1) is 0 Å². The molecule has 0 amide bonds. The summed E-state index contributed by atoms with van der Waals surface area (Å²) in [4.78, 5) is 0. The number of benzene rings is 2. The molecule has 0 spiro atoms. The van der Waals surface area contributed by atoms with Crippen molar-refractivity contribution in [3.05, 3.63) is 60.2 Å². The molecule has 2 aromatic carbocycles. The highest BCUT2D eigenvalue weighted by molar-refractivity contribution is 5.41. The van der Waals surface area contributed by atoms with E-state index in [1.165, 1.54) is 6.07 Å². The number of hydrazine groups is 1. The van der Waals surface area contributed by atoms with Crippen LogP contribution in [-0.2, 0) is 6.54 Å². The first-order chi connectivity index (χ1) is 9.25. The standard InChI is InChI=1S/C14H14F2N2O/c15-14(16)19-13-9-5-4-6-11(13)10-17-18-12-7-2-1-3-8-12/h1-9,14,17-18H,10H2. The van der Waals surface area contributed by atoms with Gasteiger partial charge in [0.2, 0.25) is 0 Å². The third-order valence-corrected chi connectivity index (χ3v) is 2.47. The number of hydrogen-bond acceptors (Lipinski definition) is 3. The molecule has 0 aliphatic heterocycles. The predicted molar refractivity (Wildman–Crippen MR) is 70.0 cm³/mol. The molecular formula is C14H14F2N2O. The van der Waals surface area contributed by atoms with E-state index in [1.807, 2.05) is 30.3 Å². The van der Waals surface area contributed by atoms with Gasteiger partial charge in [-0.2, -0.15) is 8.78 Å². The quantitative estimate of drug-likeness (QED) is 0.784. The normalized spacial score (nSPS) is 10.5. The van der Waals surface area contributed by atoms with Gasteiger partial charge >= 0.3 is 6.61 Å². The van der Waals surface area contributed by atoms with Gasteiger partial charge in [0.05, 0.1) is 0 Å². The van der Waals surface area contributed by atoms with Crippen LogP contribution in [0.3, 0.4) is 0 Å². The van der Waals surface area contributed by atoms with Crippen molar-refractivity contribution < 1.29 is 13.5 Å². The SMILES string of the molecule is FC(F)Oc1ccccc1CNNc1ccccc1. The lowest BCUT2D eigenvalue weighted by Crippen LogP contribution is -2.21. The second-order valence-corrected chi connectivity index (χ2v) is 3.83. The monoisotopic (exact) mass is 264 g/mol. The van der Waals surface area contributed by atoms with Crippen LogP contribution in [0.15, 0.2) is 54.6 Å². The Bertz CT molecular complexity index is 506. The number of alkyl halides is 2. The summed E-state index contributed by atoms with van der Waals surface area (Å²) in [6.07, 6.45) is 0. The minimum absolute atomic E-state index is 0.180. The summed E-state index contributed by atoms with van der Waals surface area (Å²) in [5, 5.41) is 0. The Kier molecular flexibility index (Phi) is 4.69. The molecule has 0 saturated heterocycles. The van der Waals surface area contributed by atoms with E-state index in [0.717, 1.165) is 5.69 Å². The number of para-hydroxylation sites is 2. The predicted octanol–water partition coefficient (Wildman–Crippen LogP) is 3.40. The Hall–Kier alpha value is -2.14. The number of rotatable bonds is 6. The van der Waals surface area contributed by atoms with E-state index in [-0.39, 0.29) is 5.75 Å². The third kappa shape index (κ3) is 4.22. The third-order valence-electron chi connectivity index (χ3n) is 2.47. The summed E-state index contributed by atoms with van der Waals surface area (Å²) in [7, 11) is 0. The van der Waals surface area contributed by atoms with E-state index >= 15 is 0 Å². The lowest BCUT2D eigenvalue weighted by atomic mass is 10.2. The van der Waals surface area contributed by atoms with E-state index in [2.05, 4.69) is 15.6 Å². The highest BCUT2D eigenvalue weighted by Crippen LogP contribution is 2.19. The molecular weight excluding hydrogens is 250 g/mol. The highest BCUT2D eigenvalue weighted by Gasteiger charge is 2.08. The molecule has 2 N–H and O–H groups in total. The first-order valence-electron chi connectivity index (χ1n) is 5.82. The first kappa shape index (κ1) is 13.3. The van der Waals surface area contributed by atoms with E-state index in [1.54, 1.807) is 18.2 Å². The molecule has 2 rings (SSSR count). The van der Waals surface area contributed by atoms with Crippen molar-refractivity contribution in [1.82, 2.24) is 5.43 Å². The Morgan fingerprint density at radius 1 is 0.947 bits per heavy atom. The number of hydrogen-bond donors (Lipinski definition) is 2. The zero-order chi connectivity index (χ0) is 13.5. The van der Waals surface area contributed by atoms with E-state index < -0.39 is 6.61 Å². The van der Waals surface area contributed by atoms with Crippen molar-refractivity contribution in [2.45, 2.75) is 13.2 Å². The fourth-order valence-electron chi connectivity index (χ4n) is 1.62. The molecule has 0 saturated carbocycles. The molecule has 19 heavy (non-hydrogen) atoms. The topological polar surface area (TPSA) is 33.3 Å². The smallest absolute Gasteiger partial charge is 0.387 e. The van der Waals surface area contributed by atoms with Gasteiger partial charge in [-0.3, -0.25) is 0 Å². The van der Waals surface area contributed by atoms with Crippen LogP contribution in [0.25, 0.3) is 0 Å². The van der Waals surface area contributed by atoms with Gasteiger partial charge in [0.25, 0.3) is 0 Å². The number of nitrogens with one attached hydrogen (secondary N) is 2. The zero-order valence-corrected chi connectivity index (χ0v) is 10.1. The van der Waals surface area contributed by atoms with Crippen LogP contribution in [0.5, 0.6) is 5.75 Å². The number of anilines is 1. The van der Waals surface area contributed by atoms with E-state index in [0.29, 0.717) is 12.1 Å². The van der Waals surface area contributed by atoms with Gasteiger partial charge in [0.1, 0.15) is 5.75 Å². The minimum atomic E-state index is -2.82. The molecule has 0 aliphatic carbocycles. The second-order valence-electron chi connectivity index (χ2n) is 3.83. The molecule has 2 aromatic rings. The lowest BCUT2D eigenvalue weighted by molar-refractivity contribution is -0.0504. The largest absolute Gasteiger partial charge is 0.434 e. The van der Waals surface area contributed by atoms with Crippen molar-refractivity contribution in [3.63, 3.8) is 0 Å². The average Bonchev–Trinajstić information content (AvgIpc) is 2.41. The molecule has 100 valence electrons. The van der Waals surface area contributed by atoms with Crippen LogP contribution < -0.4 is 15.6 Å². The van der Waals surface area contributed by atoms with Gasteiger partial charge in [0.15, 0.2) is 0 Å². The van der Waals surface area contributed by atoms with Gasteiger partial charge in [-0.05, 0) is 18.2 Å².